The van der Waals surface area contributed by atoms with Gasteiger partial charge in [0.2, 0.25) is 0 Å². The Kier molecular flexibility index (Phi) is 21.2. The first kappa shape index (κ1) is 18.2. The van der Waals surface area contributed by atoms with Crippen LogP contribution < -0.4 is 0 Å². The summed E-state index contributed by atoms with van der Waals surface area (Å²) in [6.07, 6.45) is 0. The van der Waals surface area contributed by atoms with E-state index in [1.807, 2.05) is 0 Å². The molecule has 1 aliphatic heterocycles. The molecule has 1 rings (SSSR count). The van der Waals surface area contributed by atoms with Gasteiger partial charge in [0.05, 0.1) is 0 Å². The molecule has 1 fully saturated rings. The number of hydrogen-bond donors (Lipinski definition) is 0. The van der Waals surface area contributed by atoms with Crippen molar-refractivity contribution < 1.29 is 17.1 Å². The van der Waals surface area contributed by atoms with Crippen LogP contribution in [0.15, 0.2) is 0 Å². The van der Waals surface area contributed by atoms with Gasteiger partial charge in [0, 0.05) is 17.1 Å². The summed E-state index contributed by atoms with van der Waals surface area (Å²) >= 11 is 0. The molecule has 1 heterocycles. The second-order valence-corrected chi connectivity index (χ2v) is 2.01. The van der Waals surface area contributed by atoms with Crippen LogP contribution in [0, 0.1) is 14.9 Å². The predicted octanol–water partition coefficient (Wildman–Crippen LogP) is 2.02. The van der Waals surface area contributed by atoms with Crippen molar-refractivity contribution >= 4 is 0 Å². The minimum atomic E-state index is 0. The summed E-state index contributed by atoms with van der Waals surface area (Å²) in [6.45, 7) is 5.39. The summed E-state index contributed by atoms with van der Waals surface area (Å²) < 4.78 is 0. The quantitative estimate of drug-likeness (QED) is 0.442. The SMILES string of the molecule is C1C[N-]CC[N-]CC[N-]1.[CH3-].[CH3-].[Cu]. The molecule has 0 unspecified atom stereocenters. The van der Waals surface area contributed by atoms with Gasteiger partial charge >= 0.3 is 0 Å². The summed E-state index contributed by atoms with van der Waals surface area (Å²) in [7, 11) is 0. The van der Waals surface area contributed by atoms with E-state index >= 15 is 0 Å². The standard InChI is InChI=1S/C6H12N3.2CH3.Cu/c1-2-8-5-6-9-4-3-7-1;;;/h1-6H2;2*1H3;/q-3;2*-1;. The Morgan fingerprint density at radius 1 is 0.500 bits per heavy atom. The third-order valence-corrected chi connectivity index (χ3v) is 1.25. The first-order valence-corrected chi connectivity index (χ1v) is 3.40. The molecule has 12 heavy (non-hydrogen) atoms. The third kappa shape index (κ3) is 10.4. The second kappa shape index (κ2) is 14.0. The molecule has 0 atom stereocenters. The van der Waals surface area contributed by atoms with Crippen molar-refractivity contribution in [1.29, 1.82) is 0 Å². The van der Waals surface area contributed by atoms with Gasteiger partial charge in [-0.05, 0) is 0 Å². The fourth-order valence-electron chi connectivity index (χ4n) is 0.760. The molecule has 0 N–H and O–H groups in total. The van der Waals surface area contributed by atoms with Crippen molar-refractivity contribution in [3.05, 3.63) is 30.8 Å². The first-order valence-electron chi connectivity index (χ1n) is 3.40. The predicted molar refractivity (Wildman–Crippen MR) is 52.1 cm³/mol. The minimum absolute atomic E-state index is 0. The third-order valence-electron chi connectivity index (χ3n) is 1.25. The molecule has 0 spiro atoms. The van der Waals surface area contributed by atoms with E-state index in [4.69, 9.17) is 0 Å². The maximum absolute atomic E-state index is 4.20. The molecular formula is C8H18CuN3-5. The average Bonchev–Trinajstić information content (AvgIpc) is 2.00. The van der Waals surface area contributed by atoms with Gasteiger partial charge in [0.1, 0.15) is 0 Å². The zero-order valence-electron chi connectivity index (χ0n) is 7.89. The molecule has 1 radical (unpaired) electrons. The minimum Gasteiger partial charge on any atom is -0.665 e. The van der Waals surface area contributed by atoms with E-state index in [2.05, 4.69) is 16.0 Å². The summed E-state index contributed by atoms with van der Waals surface area (Å²) in [5, 5.41) is 12.6. The van der Waals surface area contributed by atoms with Gasteiger partial charge in [-0.3, -0.25) is 0 Å². The molecule has 0 aromatic heterocycles. The maximum atomic E-state index is 4.20. The number of nitrogens with zero attached hydrogens (tertiary/aromatic N) is 3. The van der Waals surface area contributed by atoms with Crippen molar-refractivity contribution in [3.8, 4) is 0 Å². The molecule has 3 nitrogen and oxygen atoms in total. The Hall–Kier alpha value is 0.399. The molecule has 0 amide bonds. The van der Waals surface area contributed by atoms with Crippen LogP contribution in [0.1, 0.15) is 0 Å². The largest absolute Gasteiger partial charge is 0.665 e. The molecule has 1 saturated heterocycles. The smallest absolute Gasteiger partial charge is 0 e. The Morgan fingerprint density at radius 3 is 0.833 bits per heavy atom. The van der Waals surface area contributed by atoms with Gasteiger partial charge in [-0.1, -0.05) is 0 Å². The molecule has 1 aliphatic rings. The van der Waals surface area contributed by atoms with E-state index in [1.165, 1.54) is 0 Å². The number of rotatable bonds is 0. The second-order valence-electron chi connectivity index (χ2n) is 2.01. The molecule has 0 saturated carbocycles. The normalized spacial score (nSPS) is 18.0. The molecule has 4 heteroatoms. The molecule has 0 aromatic rings. The van der Waals surface area contributed by atoms with Crippen molar-refractivity contribution in [2.24, 2.45) is 0 Å². The van der Waals surface area contributed by atoms with Crippen LogP contribution in [0.3, 0.4) is 0 Å². The average molecular weight is 220 g/mol. The first-order chi connectivity index (χ1) is 4.50. The van der Waals surface area contributed by atoms with Crippen LogP contribution >= 0.6 is 0 Å². The Morgan fingerprint density at radius 2 is 0.667 bits per heavy atom. The van der Waals surface area contributed by atoms with Crippen LogP contribution in [0.5, 0.6) is 0 Å². The van der Waals surface area contributed by atoms with Crippen LogP contribution in [0.4, 0.5) is 0 Å². The molecular weight excluding hydrogens is 202 g/mol. The van der Waals surface area contributed by atoms with E-state index < -0.39 is 0 Å². The zero-order chi connectivity index (χ0) is 6.36. The van der Waals surface area contributed by atoms with Gasteiger partial charge in [-0.15, -0.1) is 0 Å². The van der Waals surface area contributed by atoms with Crippen LogP contribution in [0.2, 0.25) is 0 Å². The van der Waals surface area contributed by atoms with E-state index in [0.29, 0.717) is 0 Å². The summed E-state index contributed by atoms with van der Waals surface area (Å²) in [5.41, 5.74) is 0. The zero-order valence-corrected chi connectivity index (χ0v) is 8.83. The van der Waals surface area contributed by atoms with Gasteiger partial charge in [0.15, 0.2) is 0 Å². The monoisotopic (exact) mass is 219 g/mol. The van der Waals surface area contributed by atoms with Gasteiger partial charge < -0.3 is 30.8 Å². The van der Waals surface area contributed by atoms with Crippen molar-refractivity contribution in [3.63, 3.8) is 0 Å². The van der Waals surface area contributed by atoms with Crippen LogP contribution in [0.25, 0.3) is 16.0 Å². The Bertz CT molecular complexity index is 42.8. The Labute approximate surface area is 87.5 Å². The van der Waals surface area contributed by atoms with E-state index in [0.717, 1.165) is 39.3 Å². The van der Waals surface area contributed by atoms with E-state index in [9.17, 15) is 0 Å². The van der Waals surface area contributed by atoms with Gasteiger partial charge in [0.25, 0.3) is 0 Å². The fraction of sp³-hybridized carbons (Fsp3) is 0.750. The molecule has 0 bridgehead atoms. The van der Waals surface area contributed by atoms with Crippen molar-refractivity contribution in [2.75, 3.05) is 39.3 Å². The van der Waals surface area contributed by atoms with E-state index in [1.54, 1.807) is 0 Å². The van der Waals surface area contributed by atoms with Crippen LogP contribution in [-0.2, 0) is 17.1 Å². The topological polar surface area (TPSA) is 42.3 Å². The van der Waals surface area contributed by atoms with Gasteiger partial charge in [-0.25, -0.2) is 0 Å². The fourth-order valence-corrected chi connectivity index (χ4v) is 0.760. The van der Waals surface area contributed by atoms with E-state index in [-0.39, 0.29) is 31.9 Å². The molecule has 0 aliphatic carbocycles. The van der Waals surface area contributed by atoms with Gasteiger partial charge in [-0.2, -0.15) is 39.3 Å². The van der Waals surface area contributed by atoms with Crippen LogP contribution in [-0.4, -0.2) is 39.3 Å². The number of hydrogen-bond acceptors (Lipinski definition) is 0. The summed E-state index contributed by atoms with van der Waals surface area (Å²) in [5.74, 6) is 0. The summed E-state index contributed by atoms with van der Waals surface area (Å²) in [6, 6.07) is 0. The molecule has 0 aromatic carbocycles. The maximum Gasteiger partial charge on any atom is 0 e. The Balaban J connectivity index is -0.000000270. The van der Waals surface area contributed by atoms with Crippen molar-refractivity contribution in [1.82, 2.24) is 0 Å². The molecule has 81 valence electrons. The summed E-state index contributed by atoms with van der Waals surface area (Å²) in [4.78, 5) is 0. The van der Waals surface area contributed by atoms with Crippen molar-refractivity contribution in [2.45, 2.75) is 0 Å².